The van der Waals surface area contributed by atoms with Crippen LogP contribution in [0.4, 0.5) is 0 Å². The van der Waals surface area contributed by atoms with Gasteiger partial charge in [-0.3, -0.25) is 0 Å². The summed E-state index contributed by atoms with van der Waals surface area (Å²) in [5, 5.41) is -0.320. The topological polar surface area (TPSA) is 37.4 Å². The Bertz CT molecular complexity index is 284. The highest BCUT2D eigenvalue weighted by atomic mass is 35.5. The minimum atomic E-state index is -3.19. The highest BCUT2D eigenvalue weighted by Gasteiger charge is 2.21. The van der Waals surface area contributed by atoms with Crippen LogP contribution >= 0.6 is 11.6 Å². The zero-order chi connectivity index (χ0) is 9.19. The van der Waals surface area contributed by atoms with Gasteiger partial charge >= 0.3 is 0 Å². The molecule has 70 valence electrons. The number of rotatable bonds is 2. The number of alkyl halides is 1. The van der Waals surface area contributed by atoms with Gasteiger partial charge in [-0.25, -0.2) is 8.42 Å². The van der Waals surface area contributed by atoms with Gasteiger partial charge in [0.15, 0.2) is 0 Å². The first-order valence-electron chi connectivity index (χ1n) is 3.75. The maximum Gasteiger partial charge on any atom is 0.228 e. The monoisotopic (exact) mass is 209 g/mol. The molecule has 0 N–H and O–H groups in total. The molecule has 1 rings (SSSR count). The first-order chi connectivity index (χ1) is 5.56. The second-order valence-electron chi connectivity index (χ2n) is 2.88. The van der Waals surface area contributed by atoms with Crippen LogP contribution in [0.2, 0.25) is 0 Å². The van der Waals surface area contributed by atoms with Gasteiger partial charge in [0.2, 0.25) is 10.0 Å². The quantitative estimate of drug-likeness (QED) is 0.506. The summed E-state index contributed by atoms with van der Waals surface area (Å²) in [5.74, 6) is 0. The molecule has 1 aliphatic heterocycles. The molecule has 1 aliphatic rings. The number of hydrogen-bond donors (Lipinski definition) is 0. The van der Waals surface area contributed by atoms with E-state index in [1.165, 1.54) is 9.88 Å². The number of halogens is 1. The van der Waals surface area contributed by atoms with E-state index in [1.807, 2.05) is 13.0 Å². The van der Waals surface area contributed by atoms with E-state index in [-0.39, 0.29) is 5.21 Å². The Hall–Kier alpha value is -0.0600. The Morgan fingerprint density at radius 2 is 2.33 bits per heavy atom. The zero-order valence-electron chi connectivity index (χ0n) is 6.96. The molecule has 0 saturated heterocycles. The van der Waals surface area contributed by atoms with Crippen LogP contribution in [0.1, 0.15) is 13.3 Å². The molecule has 0 unspecified atom stereocenters. The minimum absolute atomic E-state index is 0.320. The molecule has 0 bridgehead atoms. The zero-order valence-corrected chi connectivity index (χ0v) is 8.53. The van der Waals surface area contributed by atoms with Crippen molar-refractivity contribution >= 4 is 21.6 Å². The molecule has 3 nitrogen and oxygen atoms in total. The van der Waals surface area contributed by atoms with Crippen LogP contribution in [0.3, 0.4) is 0 Å². The van der Waals surface area contributed by atoms with Crippen molar-refractivity contribution in [2.24, 2.45) is 0 Å². The average Bonchev–Trinajstić information content (AvgIpc) is 2.05. The Balaban J connectivity index is 2.70. The SMILES string of the molecule is CC1=CCN(S(=O)(=O)CCl)CC1. The molecule has 0 aromatic carbocycles. The number of sulfonamides is 1. The van der Waals surface area contributed by atoms with Gasteiger partial charge in [-0.2, -0.15) is 4.31 Å². The molecule has 0 saturated carbocycles. The van der Waals surface area contributed by atoms with Crippen LogP contribution < -0.4 is 0 Å². The molecule has 0 aromatic heterocycles. The smallest absolute Gasteiger partial charge is 0.211 e. The van der Waals surface area contributed by atoms with Crippen molar-refractivity contribution in [1.29, 1.82) is 0 Å². The maximum absolute atomic E-state index is 11.2. The Labute approximate surface area is 78.1 Å². The van der Waals surface area contributed by atoms with Crippen molar-refractivity contribution in [2.75, 3.05) is 18.3 Å². The Morgan fingerprint density at radius 1 is 1.67 bits per heavy atom. The highest BCUT2D eigenvalue weighted by Crippen LogP contribution is 2.13. The summed E-state index contributed by atoms with van der Waals surface area (Å²) in [6, 6.07) is 0. The molecule has 0 atom stereocenters. The lowest BCUT2D eigenvalue weighted by Crippen LogP contribution is -2.35. The molecule has 1 heterocycles. The Kier molecular flexibility index (Phi) is 3.15. The van der Waals surface area contributed by atoms with Crippen LogP contribution in [0, 0.1) is 0 Å². The molecule has 0 fully saturated rings. The van der Waals surface area contributed by atoms with Crippen LogP contribution in [0.5, 0.6) is 0 Å². The predicted molar refractivity (Wildman–Crippen MR) is 49.6 cm³/mol. The maximum atomic E-state index is 11.2. The fourth-order valence-electron chi connectivity index (χ4n) is 1.07. The Morgan fingerprint density at radius 3 is 2.75 bits per heavy atom. The van der Waals surface area contributed by atoms with Crippen LogP contribution in [0.25, 0.3) is 0 Å². The van der Waals surface area contributed by atoms with Gasteiger partial charge in [0.05, 0.1) is 0 Å². The third-order valence-electron chi connectivity index (χ3n) is 1.93. The van der Waals surface area contributed by atoms with E-state index in [2.05, 4.69) is 0 Å². The fraction of sp³-hybridized carbons (Fsp3) is 0.714. The molecular formula is C7H12ClNO2S. The van der Waals surface area contributed by atoms with Gasteiger partial charge in [-0.05, 0) is 13.3 Å². The first-order valence-corrected chi connectivity index (χ1v) is 5.90. The third-order valence-corrected chi connectivity index (χ3v) is 4.15. The van der Waals surface area contributed by atoms with Crippen molar-refractivity contribution in [3.63, 3.8) is 0 Å². The molecule has 5 heteroatoms. The highest BCUT2D eigenvalue weighted by molar-refractivity contribution is 7.90. The molecule has 0 radical (unpaired) electrons. The lowest BCUT2D eigenvalue weighted by Gasteiger charge is -2.23. The lowest BCUT2D eigenvalue weighted by atomic mass is 10.1. The molecule has 12 heavy (non-hydrogen) atoms. The molecule has 0 spiro atoms. The van der Waals surface area contributed by atoms with Gasteiger partial charge < -0.3 is 0 Å². The molecule has 0 amide bonds. The van der Waals surface area contributed by atoms with Crippen LogP contribution in [-0.2, 0) is 10.0 Å². The van der Waals surface area contributed by atoms with Gasteiger partial charge in [-0.15, -0.1) is 11.6 Å². The van der Waals surface area contributed by atoms with Gasteiger partial charge in [0.25, 0.3) is 0 Å². The first kappa shape index (κ1) is 10.0. The van der Waals surface area contributed by atoms with Crippen molar-refractivity contribution in [3.05, 3.63) is 11.6 Å². The molecule has 0 aliphatic carbocycles. The summed E-state index contributed by atoms with van der Waals surface area (Å²) in [6.45, 7) is 3.04. The van der Waals surface area contributed by atoms with Crippen molar-refractivity contribution in [2.45, 2.75) is 13.3 Å². The summed E-state index contributed by atoms with van der Waals surface area (Å²) in [5.41, 5.74) is 1.25. The summed E-state index contributed by atoms with van der Waals surface area (Å²) < 4.78 is 23.9. The standard InChI is InChI=1S/C7H12ClNO2S/c1-7-2-4-9(5-3-7)12(10,11)6-8/h2H,3-6H2,1H3. The number of hydrogen-bond acceptors (Lipinski definition) is 2. The van der Waals surface area contributed by atoms with Crippen LogP contribution in [-0.4, -0.2) is 31.0 Å². The second kappa shape index (κ2) is 3.77. The van der Waals surface area contributed by atoms with Crippen molar-refractivity contribution < 1.29 is 8.42 Å². The molecular weight excluding hydrogens is 198 g/mol. The molecule has 0 aromatic rings. The van der Waals surface area contributed by atoms with Crippen molar-refractivity contribution in [3.8, 4) is 0 Å². The normalized spacial score (nSPS) is 20.7. The summed E-state index contributed by atoms with van der Waals surface area (Å²) in [7, 11) is -3.19. The summed E-state index contributed by atoms with van der Waals surface area (Å²) in [6.07, 6.45) is 2.74. The predicted octanol–water partition coefficient (Wildman–Crippen LogP) is 1.16. The average molecular weight is 210 g/mol. The lowest BCUT2D eigenvalue weighted by molar-refractivity contribution is 0.434. The summed E-state index contributed by atoms with van der Waals surface area (Å²) in [4.78, 5) is 0. The minimum Gasteiger partial charge on any atom is -0.211 e. The third kappa shape index (κ3) is 2.21. The second-order valence-corrected chi connectivity index (χ2v) is 5.43. The van der Waals surface area contributed by atoms with Gasteiger partial charge in [0, 0.05) is 13.1 Å². The van der Waals surface area contributed by atoms with Gasteiger partial charge in [0.1, 0.15) is 5.21 Å². The number of nitrogens with zero attached hydrogens (tertiary/aromatic N) is 1. The van der Waals surface area contributed by atoms with E-state index in [4.69, 9.17) is 11.6 Å². The fourth-order valence-corrected chi connectivity index (χ4v) is 2.30. The van der Waals surface area contributed by atoms with E-state index in [9.17, 15) is 8.42 Å². The van der Waals surface area contributed by atoms with E-state index in [1.54, 1.807) is 0 Å². The summed E-state index contributed by atoms with van der Waals surface area (Å²) >= 11 is 5.31. The van der Waals surface area contributed by atoms with E-state index >= 15 is 0 Å². The van der Waals surface area contributed by atoms with Crippen LogP contribution in [0.15, 0.2) is 11.6 Å². The van der Waals surface area contributed by atoms with Gasteiger partial charge in [-0.1, -0.05) is 11.6 Å². The van der Waals surface area contributed by atoms with E-state index in [0.29, 0.717) is 13.1 Å². The largest absolute Gasteiger partial charge is 0.228 e. The van der Waals surface area contributed by atoms with E-state index in [0.717, 1.165) is 6.42 Å². The van der Waals surface area contributed by atoms with E-state index < -0.39 is 10.0 Å². The van der Waals surface area contributed by atoms with Crippen molar-refractivity contribution in [1.82, 2.24) is 4.31 Å².